The minimum atomic E-state index is -0.808. The Balaban J connectivity index is 4.14. The van der Waals surface area contributed by atoms with E-state index in [4.69, 9.17) is 23.7 Å². The number of unbranched alkanes of at least 4 members (excludes halogenated alkanes) is 12. The number of methoxy groups -OCH3 is 1. The topological polar surface area (TPSA) is 127 Å². The number of esters is 2. The molecule has 264 valence electrons. The quantitative estimate of drug-likeness (QED) is 0.0432. The van der Waals surface area contributed by atoms with Crippen molar-refractivity contribution in [3.8, 4) is 0 Å². The lowest BCUT2D eigenvalue weighted by atomic mass is 10.0. The van der Waals surface area contributed by atoms with Crippen molar-refractivity contribution < 1.29 is 47.6 Å². The van der Waals surface area contributed by atoms with Gasteiger partial charge < -0.3 is 33.3 Å². The largest absolute Gasteiger partial charge is 0.508 e. The molecule has 1 atom stereocenters. The van der Waals surface area contributed by atoms with Crippen LogP contribution in [-0.4, -0.2) is 89.4 Å². The predicted molar refractivity (Wildman–Crippen MR) is 173 cm³/mol. The van der Waals surface area contributed by atoms with Crippen molar-refractivity contribution in [2.24, 2.45) is 0 Å². The molecule has 0 aromatic heterocycles. The van der Waals surface area contributed by atoms with E-state index in [9.17, 15) is 19.2 Å². The van der Waals surface area contributed by atoms with E-state index in [2.05, 4.69) is 11.7 Å². The fourth-order valence-corrected chi connectivity index (χ4v) is 4.61. The van der Waals surface area contributed by atoms with Crippen molar-refractivity contribution in [1.82, 2.24) is 4.90 Å². The highest BCUT2D eigenvalue weighted by atomic mass is 16.7. The van der Waals surface area contributed by atoms with Gasteiger partial charge in [0.2, 0.25) is 0 Å². The zero-order valence-electron chi connectivity index (χ0n) is 28.8. The summed E-state index contributed by atoms with van der Waals surface area (Å²) in [5, 5.41) is 0. The summed E-state index contributed by atoms with van der Waals surface area (Å²) in [6, 6.07) is 0. The molecule has 0 rings (SSSR count). The van der Waals surface area contributed by atoms with Gasteiger partial charge in [-0.25, -0.2) is 9.59 Å². The molecule has 1 unspecified atom stereocenters. The molecule has 11 nitrogen and oxygen atoms in total. The van der Waals surface area contributed by atoms with E-state index in [0.717, 1.165) is 51.5 Å². The molecule has 0 saturated heterocycles. The summed E-state index contributed by atoms with van der Waals surface area (Å²) >= 11 is 0. The van der Waals surface area contributed by atoms with Gasteiger partial charge in [0.05, 0.1) is 33.5 Å². The average Bonchev–Trinajstić information content (AvgIpc) is 3.01. The van der Waals surface area contributed by atoms with Gasteiger partial charge in [-0.05, 0) is 46.2 Å². The van der Waals surface area contributed by atoms with Crippen LogP contribution in [0.2, 0.25) is 0 Å². The monoisotopic (exact) mass is 645 g/mol. The van der Waals surface area contributed by atoms with Crippen LogP contribution in [0, 0.1) is 0 Å². The van der Waals surface area contributed by atoms with Crippen molar-refractivity contribution in [1.29, 1.82) is 0 Å². The molecule has 0 aliphatic heterocycles. The predicted octanol–water partition coefficient (Wildman–Crippen LogP) is 7.76. The molecule has 0 aliphatic rings. The van der Waals surface area contributed by atoms with E-state index in [-0.39, 0.29) is 31.8 Å². The van der Waals surface area contributed by atoms with Crippen molar-refractivity contribution in [2.45, 2.75) is 141 Å². The number of rotatable bonds is 30. The minimum absolute atomic E-state index is 0.0593. The molecule has 0 heterocycles. The van der Waals surface area contributed by atoms with Crippen LogP contribution in [0.15, 0.2) is 0 Å². The van der Waals surface area contributed by atoms with E-state index in [0.29, 0.717) is 45.1 Å². The third kappa shape index (κ3) is 31.2. The van der Waals surface area contributed by atoms with Gasteiger partial charge in [-0.2, -0.15) is 0 Å². The Bertz CT molecular complexity index is 746. The van der Waals surface area contributed by atoms with E-state index in [1.807, 2.05) is 19.0 Å². The molecule has 0 bridgehead atoms. The summed E-state index contributed by atoms with van der Waals surface area (Å²) in [5.41, 5.74) is 0. The lowest BCUT2D eigenvalue weighted by Crippen LogP contribution is -2.23. The molecular weight excluding hydrogens is 582 g/mol. The first-order valence-electron chi connectivity index (χ1n) is 17.3. The number of carbonyl (C=O) groups is 4. The fourth-order valence-electron chi connectivity index (χ4n) is 4.61. The molecule has 45 heavy (non-hydrogen) atoms. The van der Waals surface area contributed by atoms with Crippen molar-refractivity contribution >= 4 is 24.2 Å². The highest BCUT2D eigenvalue weighted by Gasteiger charge is 2.17. The molecular formula is C34H63NO10. The van der Waals surface area contributed by atoms with Crippen LogP contribution >= 0.6 is 0 Å². The second-order valence-electron chi connectivity index (χ2n) is 11.8. The molecule has 0 aromatic rings. The third-order valence-electron chi connectivity index (χ3n) is 7.28. The first-order valence-corrected chi connectivity index (χ1v) is 17.3. The average molecular weight is 646 g/mol. The molecule has 0 N–H and O–H groups in total. The summed E-state index contributed by atoms with van der Waals surface area (Å²) in [4.78, 5) is 49.1. The van der Waals surface area contributed by atoms with Crippen molar-refractivity contribution in [3.63, 3.8) is 0 Å². The van der Waals surface area contributed by atoms with Crippen LogP contribution in [0.5, 0.6) is 0 Å². The standard InChI is InChI=1S/C34H63NO10/c1-5-6-7-8-9-10-11-12-13-16-21-30(45-34(39)43-26-19-25-35(2)3)24-29-44-33(38)42-28-20-27-41-32(37)23-18-15-14-17-22-31(36)40-4/h30H,5-29H2,1-4H3. The lowest BCUT2D eigenvalue weighted by molar-refractivity contribution is -0.144. The number of nitrogens with zero attached hydrogens (tertiary/aromatic N) is 1. The van der Waals surface area contributed by atoms with Crippen molar-refractivity contribution in [3.05, 3.63) is 0 Å². The van der Waals surface area contributed by atoms with Gasteiger partial charge in [0.1, 0.15) is 6.10 Å². The minimum Gasteiger partial charge on any atom is -0.469 e. The number of carbonyl (C=O) groups excluding carboxylic acids is 4. The highest BCUT2D eigenvalue weighted by Crippen LogP contribution is 2.15. The Kier molecular flexibility index (Phi) is 29.6. The van der Waals surface area contributed by atoms with Gasteiger partial charge in [0, 0.05) is 32.2 Å². The smallest absolute Gasteiger partial charge is 0.469 e. The van der Waals surface area contributed by atoms with Gasteiger partial charge in [-0.15, -0.1) is 0 Å². The van der Waals surface area contributed by atoms with Gasteiger partial charge >= 0.3 is 24.2 Å². The van der Waals surface area contributed by atoms with Gasteiger partial charge in [0.15, 0.2) is 0 Å². The van der Waals surface area contributed by atoms with Crippen LogP contribution in [0.4, 0.5) is 9.59 Å². The summed E-state index contributed by atoms with van der Waals surface area (Å²) in [7, 11) is 5.29. The Hall–Kier alpha value is -2.56. The third-order valence-corrected chi connectivity index (χ3v) is 7.28. The number of hydrogen-bond donors (Lipinski definition) is 0. The molecule has 0 spiro atoms. The lowest BCUT2D eigenvalue weighted by Gasteiger charge is -2.18. The molecule has 11 heteroatoms. The van der Waals surface area contributed by atoms with E-state index >= 15 is 0 Å². The molecule has 0 aromatic carbocycles. The molecule has 0 fully saturated rings. The summed E-state index contributed by atoms with van der Waals surface area (Å²) in [5.74, 6) is -0.516. The maximum Gasteiger partial charge on any atom is 0.508 e. The zero-order chi connectivity index (χ0) is 33.4. The van der Waals surface area contributed by atoms with Crippen LogP contribution < -0.4 is 0 Å². The second-order valence-corrected chi connectivity index (χ2v) is 11.8. The maximum absolute atomic E-state index is 12.2. The highest BCUT2D eigenvalue weighted by molar-refractivity contribution is 5.69. The van der Waals surface area contributed by atoms with Gasteiger partial charge in [0.25, 0.3) is 0 Å². The summed E-state index contributed by atoms with van der Waals surface area (Å²) < 4.78 is 30.8. The first-order chi connectivity index (χ1) is 21.8. The molecule has 0 aliphatic carbocycles. The Labute approximate surface area is 272 Å². The van der Waals surface area contributed by atoms with E-state index < -0.39 is 18.4 Å². The van der Waals surface area contributed by atoms with Gasteiger partial charge in [-0.3, -0.25) is 9.59 Å². The normalized spacial score (nSPS) is 11.6. The Morgan fingerprint density at radius 3 is 1.67 bits per heavy atom. The van der Waals surface area contributed by atoms with Crippen LogP contribution in [-0.2, 0) is 38.0 Å². The van der Waals surface area contributed by atoms with Gasteiger partial charge in [-0.1, -0.05) is 77.6 Å². The Morgan fingerprint density at radius 2 is 1.04 bits per heavy atom. The Morgan fingerprint density at radius 1 is 0.533 bits per heavy atom. The van der Waals surface area contributed by atoms with E-state index in [1.165, 1.54) is 52.1 Å². The molecule has 0 saturated carbocycles. The summed E-state index contributed by atoms with van der Waals surface area (Å²) in [6.45, 7) is 3.61. The van der Waals surface area contributed by atoms with Crippen molar-refractivity contribution in [2.75, 3.05) is 54.2 Å². The second kappa shape index (κ2) is 31.4. The van der Waals surface area contributed by atoms with Crippen LogP contribution in [0.1, 0.15) is 135 Å². The summed E-state index contributed by atoms with van der Waals surface area (Å²) in [6.07, 6.45) is 16.2. The SMILES string of the molecule is CCCCCCCCCCCCC(CCOC(=O)OCCCOC(=O)CCCCCCC(=O)OC)OC(=O)OCCCN(C)C. The van der Waals surface area contributed by atoms with E-state index in [1.54, 1.807) is 0 Å². The maximum atomic E-state index is 12.2. The fraction of sp³-hybridized carbons (Fsp3) is 0.882. The zero-order valence-corrected chi connectivity index (χ0v) is 28.8. The molecule has 0 radical (unpaired) electrons. The number of hydrogen-bond acceptors (Lipinski definition) is 11. The first kappa shape index (κ1) is 42.4. The van der Waals surface area contributed by atoms with Crippen LogP contribution in [0.3, 0.4) is 0 Å². The number of ether oxygens (including phenoxy) is 6. The molecule has 0 amide bonds. The van der Waals surface area contributed by atoms with Crippen LogP contribution in [0.25, 0.3) is 0 Å².